The summed E-state index contributed by atoms with van der Waals surface area (Å²) >= 11 is 0. The van der Waals surface area contributed by atoms with Crippen LogP contribution in [0.3, 0.4) is 0 Å². The van der Waals surface area contributed by atoms with Crippen LogP contribution in [0.1, 0.15) is 11.1 Å². The van der Waals surface area contributed by atoms with Gasteiger partial charge in [0.1, 0.15) is 5.75 Å². The first-order valence-electron chi connectivity index (χ1n) is 5.66. The lowest BCUT2D eigenvalue weighted by Gasteiger charge is -2.08. The number of hydrogen-bond acceptors (Lipinski definition) is 1. The molecule has 0 saturated heterocycles. The molecule has 80 valence electrons. The second-order valence-corrected chi connectivity index (χ2v) is 4.24. The van der Waals surface area contributed by atoms with E-state index in [1.54, 1.807) is 0 Å². The molecule has 1 heterocycles. The van der Waals surface area contributed by atoms with Gasteiger partial charge in [0.05, 0.1) is 6.61 Å². The van der Waals surface area contributed by atoms with E-state index in [1.807, 2.05) is 6.07 Å². The van der Waals surface area contributed by atoms with Crippen molar-refractivity contribution in [3.63, 3.8) is 0 Å². The van der Waals surface area contributed by atoms with Crippen LogP contribution in [0.15, 0.2) is 42.5 Å². The Labute approximate surface area is 95.7 Å². The van der Waals surface area contributed by atoms with Crippen molar-refractivity contribution in [3.05, 3.63) is 53.6 Å². The van der Waals surface area contributed by atoms with Crippen LogP contribution in [-0.4, -0.2) is 6.61 Å². The molecular weight excluding hydrogens is 196 g/mol. The highest BCUT2D eigenvalue weighted by Crippen LogP contribution is 2.33. The summed E-state index contributed by atoms with van der Waals surface area (Å²) in [6.07, 6.45) is 1.05. The fourth-order valence-electron chi connectivity index (χ4n) is 2.28. The van der Waals surface area contributed by atoms with Gasteiger partial charge in [-0.3, -0.25) is 0 Å². The minimum atomic E-state index is 0.826. The minimum absolute atomic E-state index is 0.826. The van der Waals surface area contributed by atoms with Crippen molar-refractivity contribution in [2.24, 2.45) is 0 Å². The first-order chi connectivity index (χ1) is 7.84. The molecule has 0 spiro atoms. The highest BCUT2D eigenvalue weighted by atomic mass is 16.5. The van der Waals surface area contributed by atoms with Gasteiger partial charge >= 0.3 is 0 Å². The van der Waals surface area contributed by atoms with E-state index in [4.69, 9.17) is 4.74 Å². The van der Waals surface area contributed by atoms with Crippen LogP contribution in [0.2, 0.25) is 0 Å². The lowest BCUT2D eigenvalue weighted by Crippen LogP contribution is -1.87. The Bertz CT molecular complexity index is 514. The molecule has 0 atom stereocenters. The van der Waals surface area contributed by atoms with E-state index in [0.29, 0.717) is 0 Å². The van der Waals surface area contributed by atoms with E-state index in [9.17, 15) is 0 Å². The zero-order valence-electron chi connectivity index (χ0n) is 9.36. The van der Waals surface area contributed by atoms with E-state index >= 15 is 0 Å². The molecule has 0 saturated carbocycles. The quantitative estimate of drug-likeness (QED) is 0.698. The normalized spacial score (nSPS) is 13.3. The van der Waals surface area contributed by atoms with E-state index in [2.05, 4.69) is 43.3 Å². The fourth-order valence-corrected chi connectivity index (χ4v) is 2.28. The molecule has 0 radical (unpaired) electrons. The summed E-state index contributed by atoms with van der Waals surface area (Å²) in [6.45, 7) is 2.99. The van der Waals surface area contributed by atoms with Crippen molar-refractivity contribution in [2.45, 2.75) is 13.3 Å². The highest BCUT2D eigenvalue weighted by molar-refractivity contribution is 5.70. The molecule has 1 aliphatic rings. The van der Waals surface area contributed by atoms with Gasteiger partial charge in [-0.1, -0.05) is 36.4 Å². The van der Waals surface area contributed by atoms with Crippen molar-refractivity contribution >= 4 is 0 Å². The summed E-state index contributed by atoms with van der Waals surface area (Å²) in [7, 11) is 0. The third-order valence-corrected chi connectivity index (χ3v) is 3.12. The highest BCUT2D eigenvalue weighted by Gasteiger charge is 2.14. The number of rotatable bonds is 1. The molecule has 1 nitrogen and oxygen atoms in total. The first kappa shape index (κ1) is 9.46. The standard InChI is InChI=1S/C15H14O/c1-11-9-13-7-8-16-15(13)10-14(11)12-5-3-2-4-6-12/h2-6,9-10H,7-8H2,1H3. The molecule has 0 aromatic heterocycles. The molecule has 1 aliphatic heterocycles. The summed E-state index contributed by atoms with van der Waals surface area (Å²) < 4.78 is 5.62. The zero-order chi connectivity index (χ0) is 11.0. The molecule has 2 aromatic rings. The maximum atomic E-state index is 5.62. The van der Waals surface area contributed by atoms with Gasteiger partial charge in [-0.2, -0.15) is 0 Å². The Kier molecular flexibility index (Phi) is 2.17. The first-order valence-corrected chi connectivity index (χ1v) is 5.66. The Morgan fingerprint density at radius 1 is 1.06 bits per heavy atom. The molecule has 2 aromatic carbocycles. The summed E-state index contributed by atoms with van der Waals surface area (Å²) in [5, 5.41) is 0. The maximum Gasteiger partial charge on any atom is 0.123 e. The van der Waals surface area contributed by atoms with E-state index in [0.717, 1.165) is 18.8 Å². The molecule has 0 N–H and O–H groups in total. The Hall–Kier alpha value is -1.76. The van der Waals surface area contributed by atoms with Crippen LogP contribution >= 0.6 is 0 Å². The number of fused-ring (bicyclic) bond motifs is 1. The molecule has 0 amide bonds. The lowest BCUT2D eigenvalue weighted by atomic mass is 9.97. The number of benzene rings is 2. The van der Waals surface area contributed by atoms with Crippen molar-refractivity contribution in [1.29, 1.82) is 0 Å². The van der Waals surface area contributed by atoms with Crippen LogP contribution in [-0.2, 0) is 6.42 Å². The van der Waals surface area contributed by atoms with Gasteiger partial charge in [-0.25, -0.2) is 0 Å². The molecule has 0 aliphatic carbocycles. The summed E-state index contributed by atoms with van der Waals surface area (Å²) in [4.78, 5) is 0. The molecule has 0 fully saturated rings. The van der Waals surface area contributed by atoms with Gasteiger partial charge in [-0.15, -0.1) is 0 Å². The molecule has 0 bridgehead atoms. The SMILES string of the molecule is Cc1cc2c(cc1-c1ccccc1)OCC2. The van der Waals surface area contributed by atoms with Crippen molar-refractivity contribution in [3.8, 4) is 16.9 Å². The van der Waals surface area contributed by atoms with Gasteiger partial charge in [0.15, 0.2) is 0 Å². The van der Waals surface area contributed by atoms with Crippen LogP contribution in [0.25, 0.3) is 11.1 Å². The molecule has 3 rings (SSSR count). The largest absolute Gasteiger partial charge is 0.493 e. The third kappa shape index (κ3) is 1.49. The van der Waals surface area contributed by atoms with Crippen molar-refractivity contribution in [1.82, 2.24) is 0 Å². The van der Waals surface area contributed by atoms with E-state index in [-0.39, 0.29) is 0 Å². The van der Waals surface area contributed by atoms with Crippen molar-refractivity contribution in [2.75, 3.05) is 6.61 Å². The topological polar surface area (TPSA) is 9.23 Å². The Balaban J connectivity index is 2.15. The Morgan fingerprint density at radius 2 is 1.88 bits per heavy atom. The minimum Gasteiger partial charge on any atom is -0.493 e. The van der Waals surface area contributed by atoms with Crippen LogP contribution in [0.4, 0.5) is 0 Å². The van der Waals surface area contributed by atoms with Gasteiger partial charge in [-0.05, 0) is 35.2 Å². The predicted molar refractivity (Wildman–Crippen MR) is 65.8 cm³/mol. The average molecular weight is 210 g/mol. The number of aryl methyl sites for hydroxylation is 1. The molecule has 16 heavy (non-hydrogen) atoms. The smallest absolute Gasteiger partial charge is 0.123 e. The van der Waals surface area contributed by atoms with Crippen molar-refractivity contribution < 1.29 is 4.74 Å². The summed E-state index contributed by atoms with van der Waals surface area (Å²) in [5.74, 6) is 1.06. The van der Waals surface area contributed by atoms with Gasteiger partial charge < -0.3 is 4.74 Å². The molecule has 0 unspecified atom stereocenters. The zero-order valence-corrected chi connectivity index (χ0v) is 9.36. The van der Waals surface area contributed by atoms with E-state index in [1.165, 1.54) is 22.3 Å². The van der Waals surface area contributed by atoms with Gasteiger partial charge in [0, 0.05) is 6.42 Å². The summed E-state index contributed by atoms with van der Waals surface area (Å²) in [5.41, 5.74) is 5.21. The van der Waals surface area contributed by atoms with E-state index < -0.39 is 0 Å². The van der Waals surface area contributed by atoms with Crippen LogP contribution in [0, 0.1) is 6.92 Å². The summed E-state index contributed by atoms with van der Waals surface area (Å²) in [6, 6.07) is 14.9. The fraction of sp³-hybridized carbons (Fsp3) is 0.200. The van der Waals surface area contributed by atoms with Gasteiger partial charge in [0.25, 0.3) is 0 Å². The second kappa shape index (κ2) is 3.67. The van der Waals surface area contributed by atoms with Gasteiger partial charge in [0.2, 0.25) is 0 Å². The molecule has 1 heteroatoms. The third-order valence-electron chi connectivity index (χ3n) is 3.12. The number of hydrogen-bond donors (Lipinski definition) is 0. The van der Waals surface area contributed by atoms with Crippen LogP contribution in [0.5, 0.6) is 5.75 Å². The Morgan fingerprint density at radius 3 is 2.69 bits per heavy atom. The lowest BCUT2D eigenvalue weighted by molar-refractivity contribution is 0.357. The second-order valence-electron chi connectivity index (χ2n) is 4.24. The number of ether oxygens (including phenoxy) is 1. The molecular formula is C15H14O. The monoisotopic (exact) mass is 210 g/mol. The van der Waals surface area contributed by atoms with Crippen LogP contribution < -0.4 is 4.74 Å². The predicted octanol–water partition coefficient (Wildman–Crippen LogP) is 3.60. The maximum absolute atomic E-state index is 5.62. The average Bonchev–Trinajstić information content (AvgIpc) is 2.76.